The Labute approximate surface area is 155 Å². The molecule has 1 aromatic rings. The second-order valence-corrected chi connectivity index (χ2v) is 7.51. The van der Waals surface area contributed by atoms with E-state index in [0.29, 0.717) is 23.6 Å². The summed E-state index contributed by atoms with van der Waals surface area (Å²) in [6, 6.07) is 9.04. The number of hydrogen-bond acceptors (Lipinski definition) is 5. The maximum absolute atomic E-state index is 12.8. The minimum Gasteiger partial charge on any atom is -0.375 e. The monoisotopic (exact) mass is 356 g/mol. The van der Waals surface area contributed by atoms with E-state index in [1.165, 1.54) is 0 Å². The number of rotatable bonds is 4. The van der Waals surface area contributed by atoms with Gasteiger partial charge in [-0.2, -0.15) is 5.26 Å². The van der Waals surface area contributed by atoms with Gasteiger partial charge < -0.3 is 14.5 Å². The van der Waals surface area contributed by atoms with Gasteiger partial charge in [-0.1, -0.05) is 6.07 Å². The van der Waals surface area contributed by atoms with Gasteiger partial charge in [-0.15, -0.1) is 0 Å². The molecule has 2 fully saturated rings. The third kappa shape index (κ3) is 4.61. The standard InChI is InChI=1S/C20H28N4O2/c1-22(2)8-9-23-10-11-26-19-15-24(7-6-18(19)14-23)20(25)17-5-3-4-16(12-17)13-21/h3-5,12,18-19H,6-11,14-15H2,1-2H3/t18-,19-/m0/s1. The minimum absolute atomic E-state index is 0.00198. The van der Waals surface area contributed by atoms with E-state index in [9.17, 15) is 4.79 Å². The Morgan fingerprint density at radius 2 is 2.19 bits per heavy atom. The van der Waals surface area contributed by atoms with Gasteiger partial charge in [0.25, 0.3) is 5.91 Å². The number of nitrogens with zero attached hydrogens (tertiary/aromatic N) is 4. The number of piperidine rings is 1. The Morgan fingerprint density at radius 1 is 1.35 bits per heavy atom. The summed E-state index contributed by atoms with van der Waals surface area (Å²) in [5.41, 5.74) is 1.11. The lowest BCUT2D eigenvalue weighted by molar-refractivity contribution is -0.0171. The van der Waals surface area contributed by atoms with Gasteiger partial charge in [-0.05, 0) is 38.7 Å². The molecule has 0 unspecified atom stereocenters. The topological polar surface area (TPSA) is 59.8 Å². The molecule has 26 heavy (non-hydrogen) atoms. The Kier molecular flexibility index (Phi) is 6.25. The van der Waals surface area contributed by atoms with Crippen LogP contribution in [0.25, 0.3) is 0 Å². The fraction of sp³-hybridized carbons (Fsp3) is 0.600. The molecule has 0 saturated carbocycles. The molecular weight excluding hydrogens is 328 g/mol. The normalized spacial score (nSPS) is 24.0. The van der Waals surface area contributed by atoms with Crippen LogP contribution in [0.4, 0.5) is 0 Å². The summed E-state index contributed by atoms with van der Waals surface area (Å²) < 4.78 is 6.10. The Hall–Kier alpha value is -1.94. The summed E-state index contributed by atoms with van der Waals surface area (Å²) in [7, 11) is 4.20. The number of hydrogen-bond donors (Lipinski definition) is 0. The third-order valence-electron chi connectivity index (χ3n) is 5.32. The maximum Gasteiger partial charge on any atom is 0.253 e. The molecule has 1 aromatic carbocycles. The van der Waals surface area contributed by atoms with Crippen LogP contribution in [0.2, 0.25) is 0 Å². The van der Waals surface area contributed by atoms with E-state index in [4.69, 9.17) is 10.00 Å². The largest absolute Gasteiger partial charge is 0.375 e. The number of fused-ring (bicyclic) bond motifs is 1. The zero-order valence-corrected chi connectivity index (χ0v) is 15.7. The van der Waals surface area contributed by atoms with Crippen molar-refractivity contribution in [3.63, 3.8) is 0 Å². The molecule has 6 heteroatoms. The fourth-order valence-corrected chi connectivity index (χ4v) is 3.75. The maximum atomic E-state index is 12.8. The first-order valence-electron chi connectivity index (χ1n) is 9.35. The number of ether oxygens (including phenoxy) is 1. The summed E-state index contributed by atoms with van der Waals surface area (Å²) in [6.45, 7) is 6.23. The van der Waals surface area contributed by atoms with E-state index in [1.807, 2.05) is 4.90 Å². The lowest BCUT2D eigenvalue weighted by atomic mass is 9.92. The summed E-state index contributed by atoms with van der Waals surface area (Å²) >= 11 is 0. The van der Waals surface area contributed by atoms with Gasteiger partial charge in [0.2, 0.25) is 0 Å². The van der Waals surface area contributed by atoms with E-state index in [2.05, 4.69) is 30.0 Å². The molecule has 0 N–H and O–H groups in total. The third-order valence-corrected chi connectivity index (χ3v) is 5.32. The molecule has 140 valence electrons. The van der Waals surface area contributed by atoms with Crippen molar-refractivity contribution in [1.29, 1.82) is 5.26 Å². The van der Waals surface area contributed by atoms with Crippen molar-refractivity contribution in [1.82, 2.24) is 14.7 Å². The van der Waals surface area contributed by atoms with E-state index >= 15 is 0 Å². The van der Waals surface area contributed by atoms with Gasteiger partial charge in [-0.3, -0.25) is 9.69 Å². The van der Waals surface area contributed by atoms with E-state index < -0.39 is 0 Å². The molecule has 0 aliphatic carbocycles. The predicted octanol–water partition coefficient (Wildman–Crippen LogP) is 1.28. The number of likely N-dealkylation sites (tertiary alicyclic amines) is 1. The predicted molar refractivity (Wildman–Crippen MR) is 99.9 cm³/mol. The summed E-state index contributed by atoms with van der Waals surface area (Å²) in [5.74, 6) is 0.479. The lowest BCUT2D eigenvalue weighted by Crippen LogP contribution is -2.49. The lowest BCUT2D eigenvalue weighted by Gasteiger charge is -2.38. The molecule has 3 rings (SSSR count). The van der Waals surface area contributed by atoms with Crippen molar-refractivity contribution in [3.05, 3.63) is 35.4 Å². The van der Waals surface area contributed by atoms with Crippen molar-refractivity contribution < 1.29 is 9.53 Å². The molecule has 6 nitrogen and oxygen atoms in total. The molecule has 2 saturated heterocycles. The molecule has 1 amide bonds. The molecule has 0 aromatic heterocycles. The van der Waals surface area contributed by atoms with Crippen LogP contribution in [-0.4, -0.2) is 86.7 Å². The number of nitriles is 1. The summed E-state index contributed by atoms with van der Waals surface area (Å²) in [4.78, 5) is 19.4. The Balaban J connectivity index is 1.61. The second-order valence-electron chi connectivity index (χ2n) is 7.51. The van der Waals surface area contributed by atoms with Crippen LogP contribution in [0.5, 0.6) is 0 Å². The summed E-state index contributed by atoms with van der Waals surface area (Å²) in [5, 5.41) is 9.04. The molecule has 2 heterocycles. The molecule has 0 radical (unpaired) electrons. The Morgan fingerprint density at radius 3 is 2.96 bits per heavy atom. The van der Waals surface area contributed by atoms with Crippen molar-refractivity contribution >= 4 is 5.91 Å². The first kappa shape index (κ1) is 18.8. The average molecular weight is 356 g/mol. The highest BCUT2D eigenvalue weighted by molar-refractivity contribution is 5.94. The highest BCUT2D eigenvalue weighted by Gasteiger charge is 2.35. The molecule has 2 aliphatic heterocycles. The van der Waals surface area contributed by atoms with Gasteiger partial charge in [0.05, 0.1) is 24.3 Å². The number of benzene rings is 1. The van der Waals surface area contributed by atoms with E-state index in [-0.39, 0.29) is 12.0 Å². The number of likely N-dealkylation sites (N-methyl/N-ethyl adjacent to an activating group) is 1. The van der Waals surface area contributed by atoms with Gasteiger partial charge in [-0.25, -0.2) is 0 Å². The van der Waals surface area contributed by atoms with Crippen LogP contribution in [0.15, 0.2) is 24.3 Å². The zero-order valence-electron chi connectivity index (χ0n) is 15.7. The first-order valence-corrected chi connectivity index (χ1v) is 9.35. The van der Waals surface area contributed by atoms with Crippen molar-refractivity contribution in [2.45, 2.75) is 12.5 Å². The van der Waals surface area contributed by atoms with Crippen LogP contribution in [-0.2, 0) is 4.74 Å². The van der Waals surface area contributed by atoms with E-state index in [1.54, 1.807) is 24.3 Å². The van der Waals surface area contributed by atoms with Gasteiger partial charge in [0.15, 0.2) is 0 Å². The van der Waals surface area contributed by atoms with Gasteiger partial charge in [0, 0.05) is 50.7 Å². The second kappa shape index (κ2) is 8.63. The van der Waals surface area contributed by atoms with Crippen molar-refractivity contribution in [2.75, 3.05) is 60.0 Å². The average Bonchev–Trinajstić information content (AvgIpc) is 2.87. The first-order chi connectivity index (χ1) is 12.6. The highest BCUT2D eigenvalue weighted by Crippen LogP contribution is 2.25. The SMILES string of the molecule is CN(C)CCN1CCO[C@H]2CN(C(=O)c3cccc(C#N)c3)CC[C@H]2C1. The fourth-order valence-electron chi connectivity index (χ4n) is 3.75. The number of carbonyl (C=O) groups is 1. The van der Waals surface area contributed by atoms with Crippen molar-refractivity contribution in [2.24, 2.45) is 5.92 Å². The number of amides is 1. The van der Waals surface area contributed by atoms with Crippen LogP contribution in [0.3, 0.4) is 0 Å². The van der Waals surface area contributed by atoms with Gasteiger partial charge >= 0.3 is 0 Å². The van der Waals surface area contributed by atoms with Crippen LogP contribution in [0, 0.1) is 17.2 Å². The smallest absolute Gasteiger partial charge is 0.253 e. The van der Waals surface area contributed by atoms with Crippen LogP contribution in [0.1, 0.15) is 22.3 Å². The quantitative estimate of drug-likeness (QED) is 0.813. The van der Waals surface area contributed by atoms with Gasteiger partial charge in [0.1, 0.15) is 0 Å². The van der Waals surface area contributed by atoms with Crippen LogP contribution < -0.4 is 0 Å². The molecule has 0 bridgehead atoms. The molecule has 2 atom stereocenters. The number of carbonyl (C=O) groups excluding carboxylic acids is 1. The Bertz CT molecular complexity index is 670. The van der Waals surface area contributed by atoms with Crippen LogP contribution >= 0.6 is 0 Å². The minimum atomic E-state index is -0.00198. The van der Waals surface area contributed by atoms with E-state index in [0.717, 1.165) is 45.8 Å². The zero-order chi connectivity index (χ0) is 18.5. The van der Waals surface area contributed by atoms with Crippen molar-refractivity contribution in [3.8, 4) is 6.07 Å². The molecule has 0 spiro atoms. The summed E-state index contributed by atoms with van der Waals surface area (Å²) in [6.07, 6.45) is 1.07. The molecular formula is C20H28N4O2. The molecule has 2 aliphatic rings. The highest BCUT2D eigenvalue weighted by atomic mass is 16.5.